The fourth-order valence-electron chi connectivity index (χ4n) is 3.21. The van der Waals surface area contributed by atoms with Crippen LogP contribution in [0.4, 0.5) is 0 Å². The Labute approximate surface area is 178 Å². The third-order valence-electron chi connectivity index (χ3n) is 4.79. The summed E-state index contributed by atoms with van der Waals surface area (Å²) in [5.74, 6) is -0.285. The van der Waals surface area contributed by atoms with Crippen LogP contribution in [0.2, 0.25) is 0 Å². The van der Waals surface area contributed by atoms with Crippen molar-refractivity contribution in [1.82, 2.24) is 20.1 Å². The van der Waals surface area contributed by atoms with Crippen LogP contribution in [-0.4, -0.2) is 43.5 Å². The number of carbonyl (C=O) groups excluding carboxylic acids is 1. The van der Waals surface area contributed by atoms with E-state index in [1.165, 1.54) is 41.5 Å². The number of hydrogen-bond donors (Lipinski definition) is 2. The molecule has 2 aromatic heterocycles. The van der Waals surface area contributed by atoms with Gasteiger partial charge in [-0.25, -0.2) is 0 Å². The molecule has 0 saturated heterocycles. The number of aromatic nitrogens is 3. The molecule has 0 aliphatic heterocycles. The zero-order valence-electron chi connectivity index (χ0n) is 16.5. The van der Waals surface area contributed by atoms with E-state index in [1.807, 2.05) is 24.4 Å². The molecule has 1 amide bonds. The summed E-state index contributed by atoms with van der Waals surface area (Å²) >= 11 is 2.83. The summed E-state index contributed by atoms with van der Waals surface area (Å²) in [5, 5.41) is 22.7. The van der Waals surface area contributed by atoms with Gasteiger partial charge in [0.15, 0.2) is 11.0 Å². The van der Waals surface area contributed by atoms with Crippen molar-refractivity contribution in [3.8, 4) is 10.7 Å². The first-order valence-corrected chi connectivity index (χ1v) is 11.6. The SMILES string of the molecule is C[C@@H](Sc1nnc(-c2cccs2)n1CCC(=O)O)C(=O)NCCC1=CCCCC1. The second-order valence-corrected chi connectivity index (χ2v) is 9.24. The van der Waals surface area contributed by atoms with Gasteiger partial charge in [-0.15, -0.1) is 21.5 Å². The maximum Gasteiger partial charge on any atom is 0.305 e. The molecule has 2 heterocycles. The molecule has 0 spiro atoms. The van der Waals surface area contributed by atoms with Crippen molar-refractivity contribution in [2.45, 2.75) is 62.4 Å². The van der Waals surface area contributed by atoms with Gasteiger partial charge in [0.05, 0.1) is 16.5 Å². The predicted molar refractivity (Wildman–Crippen MR) is 115 cm³/mol. The molecule has 29 heavy (non-hydrogen) atoms. The van der Waals surface area contributed by atoms with Gasteiger partial charge in [0.2, 0.25) is 5.91 Å². The quantitative estimate of drug-likeness (QED) is 0.434. The number of rotatable bonds is 10. The Morgan fingerprint density at radius 3 is 2.93 bits per heavy atom. The molecule has 2 aromatic rings. The minimum atomic E-state index is -0.880. The maximum atomic E-state index is 12.5. The molecule has 2 N–H and O–H groups in total. The van der Waals surface area contributed by atoms with E-state index >= 15 is 0 Å². The minimum absolute atomic E-state index is 0.0281. The van der Waals surface area contributed by atoms with Crippen LogP contribution in [-0.2, 0) is 16.1 Å². The lowest BCUT2D eigenvalue weighted by Gasteiger charge is -2.15. The molecule has 3 rings (SSSR count). The fraction of sp³-hybridized carbons (Fsp3) is 0.500. The lowest BCUT2D eigenvalue weighted by Crippen LogP contribution is -2.32. The van der Waals surface area contributed by atoms with E-state index in [0.717, 1.165) is 24.1 Å². The van der Waals surface area contributed by atoms with Crippen LogP contribution < -0.4 is 5.32 Å². The number of allylic oxidation sites excluding steroid dienone is 1. The van der Waals surface area contributed by atoms with E-state index < -0.39 is 5.97 Å². The molecule has 0 bridgehead atoms. The summed E-state index contributed by atoms with van der Waals surface area (Å²) in [6, 6.07) is 3.84. The number of carboxylic acids is 1. The summed E-state index contributed by atoms with van der Waals surface area (Å²) in [6.07, 6.45) is 7.96. The number of thioether (sulfide) groups is 1. The first-order chi connectivity index (χ1) is 14.0. The maximum absolute atomic E-state index is 12.5. The van der Waals surface area contributed by atoms with Crippen molar-refractivity contribution in [2.75, 3.05) is 6.54 Å². The van der Waals surface area contributed by atoms with Crippen molar-refractivity contribution >= 4 is 35.0 Å². The van der Waals surface area contributed by atoms with Crippen LogP contribution >= 0.6 is 23.1 Å². The van der Waals surface area contributed by atoms with E-state index in [2.05, 4.69) is 21.6 Å². The van der Waals surface area contributed by atoms with Crippen LogP contribution in [0.25, 0.3) is 10.7 Å². The molecule has 156 valence electrons. The van der Waals surface area contributed by atoms with Gasteiger partial charge in [-0.1, -0.05) is 29.5 Å². The molecule has 0 fully saturated rings. The third kappa shape index (κ3) is 6.17. The lowest BCUT2D eigenvalue weighted by atomic mass is 9.97. The molecule has 1 atom stereocenters. The summed E-state index contributed by atoms with van der Waals surface area (Å²) in [5.41, 5.74) is 1.44. The van der Waals surface area contributed by atoms with E-state index in [0.29, 0.717) is 17.5 Å². The molecule has 7 nitrogen and oxygen atoms in total. The van der Waals surface area contributed by atoms with Gasteiger partial charge >= 0.3 is 5.97 Å². The van der Waals surface area contributed by atoms with E-state index in [-0.39, 0.29) is 24.1 Å². The van der Waals surface area contributed by atoms with E-state index in [4.69, 9.17) is 5.11 Å². The van der Waals surface area contributed by atoms with Gasteiger partial charge in [-0.2, -0.15) is 0 Å². The zero-order valence-corrected chi connectivity index (χ0v) is 18.1. The second-order valence-electron chi connectivity index (χ2n) is 6.99. The van der Waals surface area contributed by atoms with Crippen LogP contribution in [0.15, 0.2) is 34.3 Å². The number of carbonyl (C=O) groups is 2. The zero-order chi connectivity index (χ0) is 20.6. The Morgan fingerprint density at radius 2 is 2.24 bits per heavy atom. The molecule has 1 aliphatic rings. The monoisotopic (exact) mass is 434 g/mol. The molecule has 9 heteroatoms. The van der Waals surface area contributed by atoms with E-state index in [1.54, 1.807) is 4.57 Å². The van der Waals surface area contributed by atoms with Crippen molar-refractivity contribution in [3.05, 3.63) is 29.2 Å². The van der Waals surface area contributed by atoms with Crippen LogP contribution in [0.5, 0.6) is 0 Å². The lowest BCUT2D eigenvalue weighted by molar-refractivity contribution is -0.137. The molecule has 0 radical (unpaired) electrons. The Bertz CT molecular complexity index is 861. The number of aliphatic carboxylic acids is 1. The minimum Gasteiger partial charge on any atom is -0.481 e. The van der Waals surface area contributed by atoms with Gasteiger partial charge in [0.25, 0.3) is 0 Å². The highest BCUT2D eigenvalue weighted by Crippen LogP contribution is 2.29. The standard InChI is InChI=1S/C20H26N4O3S2/c1-14(19(27)21-11-9-15-6-3-2-4-7-15)29-20-23-22-18(16-8-5-13-28-16)24(20)12-10-17(25)26/h5-6,8,13-14H,2-4,7,9-12H2,1H3,(H,21,27)(H,25,26)/t14-/m1/s1. The Morgan fingerprint density at radius 1 is 1.38 bits per heavy atom. The highest BCUT2D eigenvalue weighted by Gasteiger charge is 2.21. The normalized spacial score (nSPS) is 15.0. The average Bonchev–Trinajstić information content (AvgIpc) is 3.36. The summed E-state index contributed by atoms with van der Waals surface area (Å²) in [6.45, 7) is 2.74. The fourth-order valence-corrected chi connectivity index (χ4v) is 4.82. The Hall–Kier alpha value is -2.13. The summed E-state index contributed by atoms with van der Waals surface area (Å²) in [7, 11) is 0. The Balaban J connectivity index is 1.61. The van der Waals surface area contributed by atoms with Crippen molar-refractivity contribution in [1.29, 1.82) is 0 Å². The van der Waals surface area contributed by atoms with E-state index in [9.17, 15) is 9.59 Å². The number of nitrogens with zero attached hydrogens (tertiary/aromatic N) is 3. The molecule has 1 aliphatic carbocycles. The van der Waals surface area contributed by atoms with Gasteiger partial charge in [-0.3, -0.25) is 9.59 Å². The topological polar surface area (TPSA) is 97.1 Å². The molecular formula is C20H26N4O3S2. The number of carboxylic acid groups (broad SMARTS) is 1. The first-order valence-electron chi connectivity index (χ1n) is 9.85. The molecule has 0 aromatic carbocycles. The molecular weight excluding hydrogens is 408 g/mol. The number of amides is 1. The average molecular weight is 435 g/mol. The van der Waals surface area contributed by atoms with Gasteiger partial charge < -0.3 is 15.0 Å². The highest BCUT2D eigenvalue weighted by molar-refractivity contribution is 8.00. The third-order valence-corrected chi connectivity index (χ3v) is 6.74. The smallest absolute Gasteiger partial charge is 0.305 e. The first kappa shape index (κ1) is 21.6. The van der Waals surface area contributed by atoms with Crippen molar-refractivity contribution in [3.63, 3.8) is 0 Å². The van der Waals surface area contributed by atoms with Gasteiger partial charge in [0.1, 0.15) is 0 Å². The van der Waals surface area contributed by atoms with Crippen LogP contribution in [0.1, 0.15) is 45.4 Å². The van der Waals surface area contributed by atoms with Gasteiger partial charge in [0, 0.05) is 13.1 Å². The summed E-state index contributed by atoms with van der Waals surface area (Å²) < 4.78 is 1.79. The predicted octanol–water partition coefficient (Wildman–Crippen LogP) is 3.97. The highest BCUT2D eigenvalue weighted by atomic mass is 32.2. The molecule has 0 unspecified atom stereocenters. The number of nitrogens with one attached hydrogen (secondary N) is 1. The molecule has 0 saturated carbocycles. The van der Waals surface area contributed by atoms with Crippen LogP contribution in [0, 0.1) is 0 Å². The largest absolute Gasteiger partial charge is 0.481 e. The summed E-state index contributed by atoms with van der Waals surface area (Å²) in [4.78, 5) is 24.5. The second kappa shape index (κ2) is 10.6. The van der Waals surface area contributed by atoms with Crippen molar-refractivity contribution in [2.24, 2.45) is 0 Å². The number of thiophene rings is 1. The van der Waals surface area contributed by atoms with Crippen molar-refractivity contribution < 1.29 is 14.7 Å². The van der Waals surface area contributed by atoms with Gasteiger partial charge in [-0.05, 0) is 50.5 Å². The number of hydrogen-bond acceptors (Lipinski definition) is 6. The van der Waals surface area contributed by atoms with Crippen LogP contribution in [0.3, 0.4) is 0 Å². The Kier molecular flexibility index (Phi) is 7.88.